The van der Waals surface area contributed by atoms with Crippen LogP contribution in [0.3, 0.4) is 0 Å². The van der Waals surface area contributed by atoms with Crippen LogP contribution in [0.15, 0.2) is 35.4 Å². The van der Waals surface area contributed by atoms with E-state index in [1.807, 2.05) is 6.92 Å². The summed E-state index contributed by atoms with van der Waals surface area (Å²) in [7, 11) is 0. The third-order valence-corrected chi connectivity index (χ3v) is 3.55. The minimum Gasteiger partial charge on any atom is -0.872 e. The number of non-ortho nitro benzene ring substituents is 1. The van der Waals surface area contributed by atoms with Crippen LogP contribution in [0.2, 0.25) is 5.02 Å². The maximum atomic E-state index is 12.0. The summed E-state index contributed by atoms with van der Waals surface area (Å²) in [6.45, 7) is 3.31. The van der Waals surface area contributed by atoms with Gasteiger partial charge in [-0.15, -0.1) is 0 Å². The zero-order valence-corrected chi connectivity index (χ0v) is 13.6. The molecule has 7 nitrogen and oxygen atoms in total. The Bertz CT molecular complexity index is 849. The van der Waals surface area contributed by atoms with Gasteiger partial charge in [0, 0.05) is 12.1 Å². The van der Waals surface area contributed by atoms with Crippen LogP contribution in [0, 0.1) is 24.0 Å². The average molecular weight is 347 g/mol. The standard InChI is InChI=1S/C16H14ClN3O4/c1-9-3-4-13(14(17)5-9)16(22)19-18-8-11-7-12(20(23)24)6-10(2)15(11)21/h3-8,21H,1-2H3,(H,19,22)/p-1/b18-8-. The molecule has 1 amide bonds. The molecule has 1 N–H and O–H groups in total. The second-order valence-electron chi connectivity index (χ2n) is 5.12. The number of nitro benzene ring substituents is 1. The fourth-order valence-corrected chi connectivity index (χ4v) is 2.33. The Balaban J connectivity index is 2.20. The summed E-state index contributed by atoms with van der Waals surface area (Å²) in [5.74, 6) is -0.946. The van der Waals surface area contributed by atoms with Crippen LogP contribution in [0.25, 0.3) is 0 Å². The van der Waals surface area contributed by atoms with E-state index >= 15 is 0 Å². The smallest absolute Gasteiger partial charge is 0.272 e. The van der Waals surface area contributed by atoms with E-state index in [1.165, 1.54) is 13.0 Å². The number of carbonyl (C=O) groups is 1. The van der Waals surface area contributed by atoms with E-state index in [2.05, 4.69) is 10.5 Å². The Morgan fingerprint density at radius 2 is 2.00 bits per heavy atom. The second-order valence-corrected chi connectivity index (χ2v) is 5.53. The number of rotatable bonds is 4. The van der Waals surface area contributed by atoms with Crippen molar-refractivity contribution >= 4 is 29.4 Å². The maximum Gasteiger partial charge on any atom is 0.272 e. The van der Waals surface area contributed by atoms with Crippen LogP contribution in [0.5, 0.6) is 5.75 Å². The minimum absolute atomic E-state index is 0.0111. The first kappa shape index (κ1) is 17.4. The Morgan fingerprint density at radius 1 is 1.29 bits per heavy atom. The number of hydrogen-bond donors (Lipinski definition) is 1. The molecule has 0 saturated carbocycles. The molecule has 0 unspecified atom stereocenters. The zero-order chi connectivity index (χ0) is 17.9. The lowest BCUT2D eigenvalue weighted by atomic mass is 10.1. The molecular formula is C16H13ClN3O4-. The molecule has 0 atom stereocenters. The third kappa shape index (κ3) is 3.88. The lowest BCUT2D eigenvalue weighted by Gasteiger charge is -2.13. The largest absolute Gasteiger partial charge is 0.872 e. The molecule has 24 heavy (non-hydrogen) atoms. The molecule has 0 saturated heterocycles. The number of hydrogen-bond acceptors (Lipinski definition) is 5. The summed E-state index contributed by atoms with van der Waals surface area (Å²) in [5, 5.41) is 26.7. The van der Waals surface area contributed by atoms with Gasteiger partial charge in [-0.1, -0.05) is 29.0 Å². The topological polar surface area (TPSA) is 108 Å². The van der Waals surface area contributed by atoms with Crippen molar-refractivity contribution in [1.82, 2.24) is 5.43 Å². The molecule has 8 heteroatoms. The van der Waals surface area contributed by atoms with Crippen LogP contribution in [0.4, 0.5) is 5.69 Å². The van der Waals surface area contributed by atoms with Crippen molar-refractivity contribution in [3.8, 4) is 5.75 Å². The number of hydrazone groups is 1. The molecule has 2 rings (SSSR count). The first-order valence-corrected chi connectivity index (χ1v) is 7.23. The van der Waals surface area contributed by atoms with Gasteiger partial charge in [-0.2, -0.15) is 5.10 Å². The van der Waals surface area contributed by atoms with Gasteiger partial charge in [0.05, 0.1) is 21.7 Å². The SMILES string of the molecule is Cc1ccc(C(=O)N/N=C\c2cc([N+](=O)[O-])cc(C)c2[O-])c(Cl)c1. The second kappa shape index (κ2) is 7.10. The van der Waals surface area contributed by atoms with E-state index in [9.17, 15) is 20.0 Å². The lowest BCUT2D eigenvalue weighted by molar-refractivity contribution is -0.385. The number of nitrogens with one attached hydrogen (secondary N) is 1. The van der Waals surface area contributed by atoms with Gasteiger partial charge >= 0.3 is 0 Å². The highest BCUT2D eigenvalue weighted by molar-refractivity contribution is 6.33. The van der Waals surface area contributed by atoms with Gasteiger partial charge < -0.3 is 5.11 Å². The van der Waals surface area contributed by atoms with Crippen molar-refractivity contribution in [3.63, 3.8) is 0 Å². The van der Waals surface area contributed by atoms with Crippen molar-refractivity contribution in [2.45, 2.75) is 13.8 Å². The molecule has 0 spiro atoms. The summed E-state index contributed by atoms with van der Waals surface area (Å²) < 4.78 is 0. The molecule has 0 aliphatic heterocycles. The average Bonchev–Trinajstić information content (AvgIpc) is 2.50. The summed E-state index contributed by atoms with van der Waals surface area (Å²) >= 11 is 5.98. The normalized spacial score (nSPS) is 10.8. The number of carbonyl (C=O) groups excluding carboxylic acids is 1. The highest BCUT2D eigenvalue weighted by Gasteiger charge is 2.10. The van der Waals surface area contributed by atoms with Crippen molar-refractivity contribution in [2.75, 3.05) is 0 Å². The predicted molar refractivity (Wildman–Crippen MR) is 88.5 cm³/mol. The highest BCUT2D eigenvalue weighted by Crippen LogP contribution is 2.24. The Hall–Kier alpha value is -2.93. The van der Waals surface area contributed by atoms with Crippen LogP contribution in [-0.4, -0.2) is 17.0 Å². The molecule has 0 radical (unpaired) electrons. The molecule has 0 heterocycles. The van der Waals surface area contributed by atoms with E-state index in [-0.39, 0.29) is 27.4 Å². The summed E-state index contributed by atoms with van der Waals surface area (Å²) in [6.07, 6.45) is 1.07. The zero-order valence-electron chi connectivity index (χ0n) is 12.9. The van der Waals surface area contributed by atoms with Crippen molar-refractivity contribution in [1.29, 1.82) is 0 Å². The molecule has 0 fully saturated rings. The number of nitro groups is 1. The highest BCUT2D eigenvalue weighted by atomic mass is 35.5. The van der Waals surface area contributed by atoms with Gasteiger partial charge in [-0.25, -0.2) is 5.43 Å². The fourth-order valence-electron chi connectivity index (χ4n) is 2.01. The van der Waals surface area contributed by atoms with Crippen LogP contribution in [0.1, 0.15) is 27.0 Å². The molecule has 2 aromatic rings. The van der Waals surface area contributed by atoms with E-state index in [0.717, 1.165) is 17.8 Å². The quantitative estimate of drug-likeness (QED) is 0.521. The number of aryl methyl sites for hydroxylation is 2. The first-order chi connectivity index (χ1) is 11.3. The maximum absolute atomic E-state index is 12.0. The van der Waals surface area contributed by atoms with Crippen LogP contribution in [-0.2, 0) is 0 Å². The molecule has 0 aromatic heterocycles. The molecule has 0 bridgehead atoms. The number of amides is 1. The molecule has 124 valence electrons. The lowest BCUT2D eigenvalue weighted by Crippen LogP contribution is -2.18. The van der Waals surface area contributed by atoms with Gasteiger partial charge in [0.25, 0.3) is 11.6 Å². The molecule has 0 aliphatic rings. The Kier molecular flexibility index (Phi) is 5.15. The fraction of sp³-hybridized carbons (Fsp3) is 0.125. The molecule has 2 aromatic carbocycles. The van der Waals surface area contributed by atoms with Gasteiger partial charge in [0.2, 0.25) is 0 Å². The summed E-state index contributed by atoms with van der Waals surface area (Å²) in [6, 6.07) is 7.21. The number of halogens is 1. The van der Waals surface area contributed by atoms with Crippen molar-refractivity contribution in [3.05, 3.63) is 67.7 Å². The van der Waals surface area contributed by atoms with Crippen LogP contribution >= 0.6 is 11.6 Å². The van der Waals surface area contributed by atoms with Gasteiger partial charge in [-0.3, -0.25) is 14.9 Å². The number of nitrogens with zero attached hydrogens (tertiary/aromatic N) is 2. The minimum atomic E-state index is -0.603. The first-order valence-electron chi connectivity index (χ1n) is 6.85. The number of benzene rings is 2. The molecular weight excluding hydrogens is 334 g/mol. The van der Waals surface area contributed by atoms with Gasteiger partial charge in [-0.05, 0) is 37.1 Å². The van der Waals surface area contributed by atoms with E-state index < -0.39 is 16.6 Å². The van der Waals surface area contributed by atoms with E-state index in [1.54, 1.807) is 18.2 Å². The summed E-state index contributed by atoms with van der Waals surface area (Å²) in [4.78, 5) is 22.2. The van der Waals surface area contributed by atoms with Gasteiger partial charge in [0.15, 0.2) is 0 Å². The summed E-state index contributed by atoms with van der Waals surface area (Å²) in [5.41, 5.74) is 3.39. The van der Waals surface area contributed by atoms with E-state index in [4.69, 9.17) is 11.6 Å². The third-order valence-electron chi connectivity index (χ3n) is 3.24. The van der Waals surface area contributed by atoms with Gasteiger partial charge in [0.1, 0.15) is 0 Å². The van der Waals surface area contributed by atoms with Crippen LogP contribution < -0.4 is 10.5 Å². The Labute approximate surface area is 142 Å². The van der Waals surface area contributed by atoms with Crippen molar-refractivity contribution < 1.29 is 14.8 Å². The molecule has 0 aliphatic carbocycles. The monoisotopic (exact) mass is 346 g/mol. The Morgan fingerprint density at radius 3 is 2.62 bits per heavy atom. The van der Waals surface area contributed by atoms with E-state index in [0.29, 0.717) is 0 Å². The van der Waals surface area contributed by atoms with Crippen molar-refractivity contribution in [2.24, 2.45) is 5.10 Å². The predicted octanol–water partition coefficient (Wildman–Crippen LogP) is 2.70.